The number of nitrogens with one attached hydrogen (secondary N) is 1. The molecule has 3 N–H and O–H groups in total. The molecule has 2 aromatic rings. The molecule has 0 radical (unpaired) electrons. The number of nitrogens with zero attached hydrogens (tertiary/aromatic N) is 1. The molecule has 23 heavy (non-hydrogen) atoms. The van der Waals surface area contributed by atoms with Gasteiger partial charge in [-0.05, 0) is 31.2 Å². The Bertz CT molecular complexity index is 673. The molecule has 1 heterocycles. The summed E-state index contributed by atoms with van der Waals surface area (Å²) in [5.41, 5.74) is 5.80. The van der Waals surface area contributed by atoms with E-state index >= 15 is 0 Å². The van der Waals surface area contributed by atoms with Crippen molar-refractivity contribution in [1.29, 1.82) is 0 Å². The van der Waals surface area contributed by atoms with E-state index in [1.54, 1.807) is 17.4 Å². The third kappa shape index (κ3) is 6.65. The van der Waals surface area contributed by atoms with Crippen LogP contribution >= 0.6 is 35.3 Å². The number of para-hydroxylation sites is 2. The van der Waals surface area contributed by atoms with Crippen LogP contribution in [0.3, 0.4) is 0 Å². The van der Waals surface area contributed by atoms with Crippen molar-refractivity contribution in [1.82, 2.24) is 0 Å². The van der Waals surface area contributed by atoms with Crippen LogP contribution in [0.4, 0.5) is 18.9 Å². The summed E-state index contributed by atoms with van der Waals surface area (Å²) in [6.45, 7) is 2.34. The number of aryl methyl sites for hydroxylation is 1. The Balaban J connectivity index is 0.00000264. The van der Waals surface area contributed by atoms with Gasteiger partial charge in [0.2, 0.25) is 0 Å². The normalized spacial score (nSPS) is 11.7. The molecule has 9 heteroatoms. The molecule has 0 bridgehead atoms. The molecule has 4 nitrogen and oxygen atoms in total. The van der Waals surface area contributed by atoms with Gasteiger partial charge in [0.25, 0.3) is 0 Å². The predicted octanol–water partition coefficient (Wildman–Crippen LogP) is 4.50. The van der Waals surface area contributed by atoms with Crippen LogP contribution in [0.2, 0.25) is 0 Å². The second kappa shape index (κ2) is 8.39. The second-order valence-corrected chi connectivity index (χ2v) is 5.76. The number of nitrogens with two attached hydrogens (primary N) is 1. The molecule has 1 aromatic carbocycles. The Hall–Kier alpha value is -1.49. The first-order valence-corrected chi connectivity index (χ1v) is 7.12. The fraction of sp³-hybridized carbons (Fsp3) is 0.214. The van der Waals surface area contributed by atoms with Crippen molar-refractivity contribution in [2.45, 2.75) is 19.8 Å². The zero-order valence-electron chi connectivity index (χ0n) is 12.1. The number of anilines is 1. The average molecular weight is 457 g/mol. The first-order valence-electron chi connectivity index (χ1n) is 6.30. The van der Waals surface area contributed by atoms with Gasteiger partial charge in [0.15, 0.2) is 11.7 Å². The highest BCUT2D eigenvalue weighted by Gasteiger charge is 2.32. The van der Waals surface area contributed by atoms with E-state index in [1.165, 1.54) is 18.2 Å². The van der Waals surface area contributed by atoms with Crippen molar-refractivity contribution in [3.63, 3.8) is 0 Å². The molecule has 0 atom stereocenters. The first-order chi connectivity index (χ1) is 10.3. The number of benzene rings is 1. The van der Waals surface area contributed by atoms with Crippen LogP contribution in [0.15, 0.2) is 41.4 Å². The number of guanidine groups is 1. The summed E-state index contributed by atoms with van der Waals surface area (Å²) in [5.74, 6) is -0.343. The summed E-state index contributed by atoms with van der Waals surface area (Å²) < 4.78 is 40.9. The lowest BCUT2D eigenvalue weighted by molar-refractivity contribution is -0.274. The Labute approximate surface area is 152 Å². The molecule has 0 aliphatic heterocycles. The highest BCUT2D eigenvalue weighted by Crippen LogP contribution is 2.29. The zero-order chi connectivity index (χ0) is 16.2. The third-order valence-corrected chi connectivity index (χ3v) is 3.56. The Morgan fingerprint density at radius 2 is 1.96 bits per heavy atom. The number of halogens is 4. The van der Waals surface area contributed by atoms with Crippen LogP contribution in [0.1, 0.15) is 9.75 Å². The lowest BCUT2D eigenvalue weighted by Gasteiger charge is -2.14. The summed E-state index contributed by atoms with van der Waals surface area (Å²) in [6.07, 6.45) is -4.77. The smallest absolute Gasteiger partial charge is 0.404 e. The van der Waals surface area contributed by atoms with Crippen molar-refractivity contribution in [3.8, 4) is 5.75 Å². The average Bonchev–Trinajstić information content (AvgIpc) is 2.83. The SMILES string of the molecule is Cc1ccc(CN=C(N)Nc2ccccc2OC(F)(F)F)s1.I. The molecule has 0 fully saturated rings. The van der Waals surface area contributed by atoms with Crippen molar-refractivity contribution in [2.75, 3.05) is 5.32 Å². The van der Waals surface area contributed by atoms with Gasteiger partial charge in [0.05, 0.1) is 12.2 Å². The van der Waals surface area contributed by atoms with E-state index in [0.717, 1.165) is 9.75 Å². The van der Waals surface area contributed by atoms with E-state index in [-0.39, 0.29) is 41.4 Å². The Kier molecular flexibility index (Phi) is 7.13. The van der Waals surface area contributed by atoms with Gasteiger partial charge in [0.1, 0.15) is 0 Å². The largest absolute Gasteiger partial charge is 0.573 e. The van der Waals surface area contributed by atoms with Gasteiger partial charge >= 0.3 is 6.36 Å². The zero-order valence-corrected chi connectivity index (χ0v) is 15.2. The molecule has 0 saturated heterocycles. The number of rotatable bonds is 4. The number of alkyl halides is 3. The van der Waals surface area contributed by atoms with Gasteiger partial charge in [-0.1, -0.05) is 12.1 Å². The van der Waals surface area contributed by atoms with Crippen molar-refractivity contribution >= 4 is 47.0 Å². The van der Waals surface area contributed by atoms with Gasteiger partial charge in [0, 0.05) is 9.75 Å². The highest BCUT2D eigenvalue weighted by atomic mass is 127. The highest BCUT2D eigenvalue weighted by molar-refractivity contribution is 14.0. The molecule has 126 valence electrons. The molecule has 2 rings (SSSR count). The van der Waals surface area contributed by atoms with Gasteiger partial charge in [-0.2, -0.15) is 0 Å². The van der Waals surface area contributed by atoms with Crippen LogP contribution < -0.4 is 15.8 Å². The Morgan fingerprint density at radius 3 is 2.57 bits per heavy atom. The number of ether oxygens (including phenoxy) is 1. The molecule has 0 aliphatic rings. The van der Waals surface area contributed by atoms with E-state index in [4.69, 9.17) is 5.73 Å². The fourth-order valence-electron chi connectivity index (χ4n) is 1.69. The maximum absolute atomic E-state index is 12.3. The van der Waals surface area contributed by atoms with E-state index in [0.29, 0.717) is 6.54 Å². The second-order valence-electron chi connectivity index (χ2n) is 4.38. The third-order valence-electron chi connectivity index (χ3n) is 2.58. The number of hydrogen-bond donors (Lipinski definition) is 2. The molecule has 0 spiro atoms. The van der Waals surface area contributed by atoms with E-state index in [1.807, 2.05) is 19.1 Å². The molecule has 0 aliphatic carbocycles. The lowest BCUT2D eigenvalue weighted by atomic mass is 10.3. The quantitative estimate of drug-likeness (QED) is 0.404. The van der Waals surface area contributed by atoms with Crippen LogP contribution in [0, 0.1) is 6.92 Å². The summed E-state index contributed by atoms with van der Waals surface area (Å²) in [7, 11) is 0. The first kappa shape index (κ1) is 19.6. The molecule has 0 saturated carbocycles. The summed E-state index contributed by atoms with van der Waals surface area (Å²) in [6, 6.07) is 9.53. The maximum atomic E-state index is 12.3. The van der Waals surface area contributed by atoms with Crippen molar-refractivity contribution in [3.05, 3.63) is 46.2 Å². The molecule has 1 aromatic heterocycles. The number of thiophene rings is 1. The van der Waals surface area contributed by atoms with Crippen molar-refractivity contribution < 1.29 is 17.9 Å². The van der Waals surface area contributed by atoms with Gasteiger partial charge in [-0.3, -0.25) is 0 Å². The van der Waals surface area contributed by atoms with E-state index in [9.17, 15) is 13.2 Å². The molecular formula is C14H15F3IN3OS. The molecule has 0 unspecified atom stereocenters. The number of hydrogen-bond acceptors (Lipinski definition) is 3. The van der Waals surface area contributed by atoms with Crippen LogP contribution in [0.5, 0.6) is 5.75 Å². The lowest BCUT2D eigenvalue weighted by Crippen LogP contribution is -2.24. The van der Waals surface area contributed by atoms with E-state index in [2.05, 4.69) is 15.0 Å². The number of aliphatic imine (C=N–C) groups is 1. The standard InChI is InChI=1S/C14H14F3N3OS.HI/c1-9-6-7-10(22-9)8-19-13(18)20-11-4-2-3-5-12(11)21-14(15,16)17;/h2-7H,8H2,1H3,(H3,18,19,20);1H. The maximum Gasteiger partial charge on any atom is 0.573 e. The van der Waals surface area contributed by atoms with Crippen molar-refractivity contribution in [2.24, 2.45) is 10.7 Å². The molecule has 0 amide bonds. The minimum absolute atomic E-state index is 0. The van der Waals surface area contributed by atoms with Gasteiger partial charge < -0.3 is 15.8 Å². The van der Waals surface area contributed by atoms with Gasteiger partial charge in [-0.25, -0.2) is 4.99 Å². The Morgan fingerprint density at radius 1 is 1.26 bits per heavy atom. The van der Waals surface area contributed by atoms with E-state index < -0.39 is 6.36 Å². The minimum atomic E-state index is -4.77. The van der Waals surface area contributed by atoms with Gasteiger partial charge in [-0.15, -0.1) is 48.5 Å². The summed E-state index contributed by atoms with van der Waals surface area (Å²) in [5, 5.41) is 2.62. The fourth-order valence-corrected chi connectivity index (χ4v) is 2.51. The van der Waals surface area contributed by atoms with Crippen LogP contribution in [-0.4, -0.2) is 12.3 Å². The summed E-state index contributed by atoms with van der Waals surface area (Å²) in [4.78, 5) is 6.27. The topological polar surface area (TPSA) is 59.6 Å². The molecular weight excluding hydrogens is 442 g/mol. The monoisotopic (exact) mass is 457 g/mol. The van der Waals surface area contributed by atoms with Crippen LogP contribution in [0.25, 0.3) is 0 Å². The minimum Gasteiger partial charge on any atom is -0.404 e. The van der Waals surface area contributed by atoms with Crippen LogP contribution in [-0.2, 0) is 6.54 Å². The predicted molar refractivity (Wildman–Crippen MR) is 96.5 cm³/mol. The summed E-state index contributed by atoms with van der Waals surface area (Å²) >= 11 is 1.58.